The van der Waals surface area contributed by atoms with Gasteiger partial charge in [-0.15, -0.1) is 0 Å². The molecule has 0 saturated carbocycles. The lowest BCUT2D eigenvalue weighted by Crippen LogP contribution is -2.13. The zero-order chi connectivity index (χ0) is 14.0. The highest BCUT2D eigenvalue weighted by Gasteiger charge is 2.15. The van der Waals surface area contributed by atoms with Crippen molar-refractivity contribution in [2.24, 2.45) is 0 Å². The number of carbonyl (C=O) groups excluding carboxylic acids is 1. The first kappa shape index (κ1) is 13.1. The third kappa shape index (κ3) is 2.74. The fourth-order valence-corrected chi connectivity index (χ4v) is 1.67. The summed E-state index contributed by atoms with van der Waals surface area (Å²) >= 11 is 5.73. The molecule has 0 aliphatic rings. The highest BCUT2D eigenvalue weighted by atomic mass is 35.5. The van der Waals surface area contributed by atoms with Gasteiger partial charge < -0.3 is 14.8 Å². The summed E-state index contributed by atoms with van der Waals surface area (Å²) in [6, 6.07) is 4.17. The molecule has 2 aromatic rings. The van der Waals surface area contributed by atoms with Crippen molar-refractivity contribution in [3.63, 3.8) is 0 Å². The van der Waals surface area contributed by atoms with Crippen molar-refractivity contribution in [2.45, 2.75) is 6.92 Å². The lowest BCUT2D eigenvalue weighted by atomic mass is 10.2. The van der Waals surface area contributed by atoms with Crippen LogP contribution in [0.4, 0.5) is 5.69 Å². The number of halogens is 1. The van der Waals surface area contributed by atoms with Crippen molar-refractivity contribution in [1.82, 2.24) is 4.98 Å². The van der Waals surface area contributed by atoms with Crippen molar-refractivity contribution in [1.29, 1.82) is 0 Å². The average molecular weight is 281 g/mol. The van der Waals surface area contributed by atoms with E-state index < -0.39 is 11.9 Å². The van der Waals surface area contributed by atoms with Crippen LogP contribution in [0.1, 0.15) is 26.6 Å². The number of hydrogen-bond donors (Lipinski definition) is 2. The van der Waals surface area contributed by atoms with Gasteiger partial charge in [0.1, 0.15) is 0 Å². The van der Waals surface area contributed by atoms with E-state index >= 15 is 0 Å². The van der Waals surface area contributed by atoms with Crippen LogP contribution >= 0.6 is 11.6 Å². The summed E-state index contributed by atoms with van der Waals surface area (Å²) in [4.78, 5) is 26.6. The van der Waals surface area contributed by atoms with E-state index in [-0.39, 0.29) is 16.3 Å². The van der Waals surface area contributed by atoms with Gasteiger partial charge in [0, 0.05) is 5.69 Å². The number of carboxylic acid groups (broad SMARTS) is 1. The summed E-state index contributed by atoms with van der Waals surface area (Å²) in [5.74, 6) is -1.60. The van der Waals surface area contributed by atoms with E-state index in [1.807, 2.05) is 0 Å². The first-order chi connectivity index (χ1) is 8.99. The molecule has 19 heavy (non-hydrogen) atoms. The van der Waals surface area contributed by atoms with E-state index in [0.717, 1.165) is 6.39 Å². The molecule has 7 heteroatoms. The maximum atomic E-state index is 11.8. The molecule has 0 spiro atoms. The molecule has 2 N–H and O–H groups in total. The molecular formula is C12H9ClN2O4. The number of anilines is 1. The van der Waals surface area contributed by atoms with Crippen LogP contribution in [-0.4, -0.2) is 22.0 Å². The number of rotatable bonds is 3. The molecule has 1 heterocycles. The normalized spacial score (nSPS) is 10.2. The van der Waals surface area contributed by atoms with Crippen LogP contribution in [0.2, 0.25) is 5.02 Å². The molecule has 0 aliphatic carbocycles. The molecule has 0 unspecified atom stereocenters. The van der Waals surface area contributed by atoms with E-state index in [4.69, 9.17) is 21.1 Å². The second-order valence-corrected chi connectivity index (χ2v) is 4.13. The number of nitrogens with one attached hydrogen (secondary N) is 1. The minimum absolute atomic E-state index is 0.0758. The molecule has 98 valence electrons. The Bertz CT molecular complexity index is 651. The fraction of sp³-hybridized carbons (Fsp3) is 0.0833. The van der Waals surface area contributed by atoms with E-state index in [1.165, 1.54) is 18.2 Å². The second kappa shape index (κ2) is 5.11. The SMILES string of the molecule is Cc1ncoc1C(=O)Nc1ccc(Cl)c(C(=O)O)c1. The maximum Gasteiger partial charge on any atom is 0.337 e. The molecule has 0 aliphatic heterocycles. The highest BCUT2D eigenvalue weighted by Crippen LogP contribution is 2.21. The number of aromatic carboxylic acids is 1. The number of nitrogens with zero attached hydrogens (tertiary/aromatic N) is 1. The summed E-state index contributed by atoms with van der Waals surface area (Å²) in [7, 11) is 0. The van der Waals surface area contributed by atoms with Crippen molar-refractivity contribution in [2.75, 3.05) is 5.32 Å². The van der Waals surface area contributed by atoms with E-state index in [2.05, 4.69) is 10.3 Å². The van der Waals surface area contributed by atoms with Gasteiger partial charge in [-0.1, -0.05) is 11.6 Å². The summed E-state index contributed by atoms with van der Waals surface area (Å²) in [6.45, 7) is 1.63. The molecule has 0 saturated heterocycles. The van der Waals surface area contributed by atoms with Gasteiger partial charge in [-0.2, -0.15) is 0 Å². The third-order valence-corrected chi connectivity index (χ3v) is 2.74. The van der Waals surface area contributed by atoms with Crippen LogP contribution in [0.5, 0.6) is 0 Å². The first-order valence-electron chi connectivity index (χ1n) is 5.23. The zero-order valence-electron chi connectivity index (χ0n) is 9.81. The summed E-state index contributed by atoms with van der Waals surface area (Å²) in [5, 5.41) is 11.5. The van der Waals surface area contributed by atoms with Gasteiger partial charge in [0.05, 0.1) is 16.3 Å². The van der Waals surface area contributed by atoms with Crippen molar-refractivity contribution < 1.29 is 19.1 Å². The third-order valence-electron chi connectivity index (χ3n) is 2.41. The molecule has 6 nitrogen and oxygen atoms in total. The largest absolute Gasteiger partial charge is 0.478 e. The number of carbonyl (C=O) groups is 2. The Balaban J connectivity index is 2.25. The fourth-order valence-electron chi connectivity index (χ4n) is 1.47. The predicted octanol–water partition coefficient (Wildman–Crippen LogP) is 2.59. The van der Waals surface area contributed by atoms with Crippen LogP contribution in [0.25, 0.3) is 0 Å². The smallest absolute Gasteiger partial charge is 0.337 e. The van der Waals surface area contributed by atoms with Crippen LogP contribution in [-0.2, 0) is 0 Å². The number of hydrogen-bond acceptors (Lipinski definition) is 4. The molecule has 1 aromatic heterocycles. The lowest BCUT2D eigenvalue weighted by Gasteiger charge is -2.05. The summed E-state index contributed by atoms with van der Waals surface area (Å²) in [6.07, 6.45) is 1.16. The summed E-state index contributed by atoms with van der Waals surface area (Å²) in [5.41, 5.74) is 0.668. The Labute approximate surface area is 113 Å². The van der Waals surface area contributed by atoms with Crippen LogP contribution in [0.3, 0.4) is 0 Å². The number of benzene rings is 1. The Morgan fingerprint density at radius 2 is 2.16 bits per heavy atom. The van der Waals surface area contributed by atoms with Crippen LogP contribution < -0.4 is 5.32 Å². The maximum absolute atomic E-state index is 11.8. The molecule has 0 radical (unpaired) electrons. The number of oxazole rings is 1. The standard InChI is InChI=1S/C12H9ClN2O4/c1-6-10(19-5-14-6)11(16)15-7-2-3-9(13)8(4-7)12(17)18/h2-5H,1H3,(H,15,16)(H,17,18). The van der Waals surface area contributed by atoms with Gasteiger partial charge in [0.15, 0.2) is 6.39 Å². The van der Waals surface area contributed by atoms with Crippen molar-refractivity contribution in [3.05, 3.63) is 46.6 Å². The second-order valence-electron chi connectivity index (χ2n) is 3.72. The molecule has 1 aromatic carbocycles. The minimum atomic E-state index is -1.17. The van der Waals surface area contributed by atoms with E-state index in [1.54, 1.807) is 6.92 Å². The Morgan fingerprint density at radius 1 is 1.42 bits per heavy atom. The molecular weight excluding hydrogens is 272 g/mol. The van der Waals surface area contributed by atoms with Gasteiger partial charge in [-0.25, -0.2) is 9.78 Å². The Hall–Kier alpha value is -2.34. The average Bonchev–Trinajstić information content (AvgIpc) is 2.77. The molecule has 1 amide bonds. The van der Waals surface area contributed by atoms with Crippen LogP contribution in [0.15, 0.2) is 29.0 Å². The van der Waals surface area contributed by atoms with Gasteiger partial charge in [0.2, 0.25) is 5.76 Å². The molecule has 0 fully saturated rings. The van der Waals surface area contributed by atoms with E-state index in [9.17, 15) is 9.59 Å². The van der Waals surface area contributed by atoms with Gasteiger partial charge in [-0.05, 0) is 25.1 Å². The molecule has 0 bridgehead atoms. The van der Waals surface area contributed by atoms with Gasteiger partial charge in [0.25, 0.3) is 5.91 Å². The topological polar surface area (TPSA) is 92.4 Å². The Morgan fingerprint density at radius 3 is 2.74 bits per heavy atom. The van der Waals surface area contributed by atoms with E-state index in [0.29, 0.717) is 11.4 Å². The van der Waals surface area contributed by atoms with Crippen molar-refractivity contribution >= 4 is 29.2 Å². The monoisotopic (exact) mass is 280 g/mol. The highest BCUT2D eigenvalue weighted by molar-refractivity contribution is 6.33. The first-order valence-corrected chi connectivity index (χ1v) is 5.61. The molecule has 0 atom stereocenters. The zero-order valence-corrected chi connectivity index (χ0v) is 10.6. The summed E-state index contributed by atoms with van der Waals surface area (Å²) < 4.78 is 4.93. The Kier molecular flexibility index (Phi) is 3.52. The lowest BCUT2D eigenvalue weighted by molar-refractivity contribution is 0.0696. The van der Waals surface area contributed by atoms with Crippen LogP contribution in [0, 0.1) is 6.92 Å². The van der Waals surface area contributed by atoms with Gasteiger partial charge in [-0.3, -0.25) is 4.79 Å². The number of amides is 1. The van der Waals surface area contributed by atoms with Gasteiger partial charge >= 0.3 is 5.97 Å². The number of aromatic nitrogens is 1. The molecule has 2 rings (SSSR count). The minimum Gasteiger partial charge on any atom is -0.478 e. The number of aryl methyl sites for hydroxylation is 1. The number of carboxylic acids is 1. The quantitative estimate of drug-likeness (QED) is 0.901. The predicted molar refractivity (Wildman–Crippen MR) is 67.6 cm³/mol. The van der Waals surface area contributed by atoms with Crippen molar-refractivity contribution in [3.8, 4) is 0 Å².